The van der Waals surface area contributed by atoms with Gasteiger partial charge in [0.2, 0.25) is 0 Å². The Kier molecular flexibility index (Phi) is 4.73. The summed E-state index contributed by atoms with van der Waals surface area (Å²) >= 11 is 1.43. The molecule has 0 radical (unpaired) electrons. The zero-order chi connectivity index (χ0) is 16.4. The van der Waals surface area contributed by atoms with Gasteiger partial charge in [0.15, 0.2) is 5.17 Å². The van der Waals surface area contributed by atoms with Gasteiger partial charge >= 0.3 is 0 Å². The van der Waals surface area contributed by atoms with Crippen LogP contribution in [-0.4, -0.2) is 48.4 Å². The molecule has 0 aromatic heterocycles. The first-order valence-electron chi connectivity index (χ1n) is 7.62. The molecule has 0 spiro atoms. The van der Waals surface area contributed by atoms with Crippen LogP contribution in [0.4, 0.5) is 0 Å². The van der Waals surface area contributed by atoms with Gasteiger partial charge in [-0.1, -0.05) is 12.1 Å². The minimum Gasteiger partial charge on any atom is -0.497 e. The van der Waals surface area contributed by atoms with Crippen molar-refractivity contribution in [3.8, 4) is 5.75 Å². The molecule has 1 aromatic rings. The average molecular weight is 332 g/mol. The van der Waals surface area contributed by atoms with Crippen molar-refractivity contribution in [3.63, 3.8) is 0 Å². The molecule has 1 amide bonds. The van der Waals surface area contributed by atoms with E-state index in [1.54, 1.807) is 7.11 Å². The molecule has 122 valence electrons. The smallest absolute Gasteiger partial charge is 0.286 e. The molecule has 2 heterocycles. The number of amidine groups is 1. The Morgan fingerprint density at radius 3 is 2.52 bits per heavy atom. The van der Waals surface area contributed by atoms with Gasteiger partial charge in [-0.05, 0) is 49.4 Å². The summed E-state index contributed by atoms with van der Waals surface area (Å²) in [6.07, 6.45) is 2.16. The molecular formula is C17H20N2O3S. The fourth-order valence-corrected chi connectivity index (χ4v) is 3.65. The van der Waals surface area contributed by atoms with E-state index in [0.29, 0.717) is 4.91 Å². The SMILES string of the molecule is COc1ccc(/C=C2/SC(N3CC(C)OC(C)C3)=NC2=O)cc1. The van der Waals surface area contributed by atoms with Crippen molar-refractivity contribution < 1.29 is 14.3 Å². The first kappa shape index (κ1) is 16.1. The number of carbonyl (C=O) groups excluding carboxylic acids is 1. The fourth-order valence-electron chi connectivity index (χ4n) is 2.72. The number of nitrogens with zero attached hydrogens (tertiary/aromatic N) is 2. The van der Waals surface area contributed by atoms with Crippen LogP contribution in [0.1, 0.15) is 19.4 Å². The van der Waals surface area contributed by atoms with Gasteiger partial charge in [-0.3, -0.25) is 4.79 Å². The molecule has 2 aliphatic rings. The van der Waals surface area contributed by atoms with Crippen LogP contribution in [0.5, 0.6) is 5.75 Å². The highest BCUT2D eigenvalue weighted by Crippen LogP contribution is 2.31. The molecule has 6 heteroatoms. The van der Waals surface area contributed by atoms with Crippen LogP contribution in [0.2, 0.25) is 0 Å². The predicted molar refractivity (Wildman–Crippen MR) is 92.6 cm³/mol. The van der Waals surface area contributed by atoms with Crippen molar-refractivity contribution in [2.45, 2.75) is 26.1 Å². The Morgan fingerprint density at radius 1 is 1.26 bits per heavy atom. The third-order valence-electron chi connectivity index (χ3n) is 3.71. The molecule has 5 nitrogen and oxygen atoms in total. The van der Waals surface area contributed by atoms with Crippen molar-refractivity contribution in [2.75, 3.05) is 20.2 Å². The summed E-state index contributed by atoms with van der Waals surface area (Å²) in [6, 6.07) is 7.61. The van der Waals surface area contributed by atoms with Crippen LogP contribution >= 0.6 is 11.8 Å². The monoisotopic (exact) mass is 332 g/mol. The van der Waals surface area contributed by atoms with Gasteiger partial charge in [-0.2, -0.15) is 4.99 Å². The zero-order valence-corrected chi connectivity index (χ0v) is 14.3. The first-order chi connectivity index (χ1) is 11.0. The minimum atomic E-state index is -0.174. The van der Waals surface area contributed by atoms with E-state index in [9.17, 15) is 4.79 Å². The average Bonchev–Trinajstić information content (AvgIpc) is 2.88. The molecule has 1 aromatic carbocycles. The van der Waals surface area contributed by atoms with Crippen molar-refractivity contribution in [1.82, 2.24) is 4.90 Å². The van der Waals surface area contributed by atoms with Crippen molar-refractivity contribution in [2.24, 2.45) is 4.99 Å². The normalized spacial score (nSPS) is 26.6. The number of hydrogen-bond acceptors (Lipinski definition) is 5. The maximum Gasteiger partial charge on any atom is 0.286 e. The number of amides is 1. The third kappa shape index (κ3) is 3.76. The molecule has 0 saturated carbocycles. The Balaban J connectivity index is 1.72. The molecule has 2 aliphatic heterocycles. The zero-order valence-electron chi connectivity index (χ0n) is 13.5. The number of rotatable bonds is 2. The third-order valence-corrected chi connectivity index (χ3v) is 4.76. The maximum absolute atomic E-state index is 12.2. The lowest BCUT2D eigenvalue weighted by Gasteiger charge is -2.35. The van der Waals surface area contributed by atoms with E-state index in [-0.39, 0.29) is 18.1 Å². The number of carbonyl (C=O) groups is 1. The predicted octanol–water partition coefficient (Wildman–Crippen LogP) is 2.77. The molecule has 3 rings (SSSR count). The highest BCUT2D eigenvalue weighted by Gasteiger charge is 2.30. The van der Waals surface area contributed by atoms with Crippen LogP contribution < -0.4 is 4.74 Å². The lowest BCUT2D eigenvalue weighted by atomic mass is 10.2. The molecule has 2 unspecified atom stereocenters. The number of thioether (sulfide) groups is 1. The number of methoxy groups -OCH3 is 1. The van der Waals surface area contributed by atoms with Gasteiger partial charge in [-0.15, -0.1) is 0 Å². The Labute approximate surface area is 140 Å². The second-order valence-electron chi connectivity index (χ2n) is 5.75. The lowest BCUT2D eigenvalue weighted by molar-refractivity contribution is -0.113. The van der Waals surface area contributed by atoms with E-state index < -0.39 is 0 Å². The second-order valence-corrected chi connectivity index (χ2v) is 6.75. The Hall–Kier alpha value is -1.79. The van der Waals surface area contributed by atoms with Crippen LogP contribution in [-0.2, 0) is 9.53 Å². The number of hydrogen-bond donors (Lipinski definition) is 0. The summed E-state index contributed by atoms with van der Waals surface area (Å²) in [7, 11) is 1.63. The van der Waals surface area contributed by atoms with Crippen molar-refractivity contribution in [1.29, 1.82) is 0 Å². The largest absolute Gasteiger partial charge is 0.497 e. The minimum absolute atomic E-state index is 0.145. The molecule has 23 heavy (non-hydrogen) atoms. The van der Waals surface area contributed by atoms with Crippen LogP contribution in [0.25, 0.3) is 6.08 Å². The lowest BCUT2D eigenvalue weighted by Crippen LogP contribution is -2.47. The number of aliphatic imine (C=N–C) groups is 1. The van der Waals surface area contributed by atoms with Gasteiger partial charge in [-0.25, -0.2) is 0 Å². The molecule has 1 fully saturated rings. The standard InChI is InChI=1S/C17H20N2O3S/c1-11-9-19(10-12(2)22-11)17-18-16(20)15(23-17)8-13-4-6-14(21-3)7-5-13/h4-8,11-12H,9-10H2,1-3H3/b15-8+. The Morgan fingerprint density at radius 2 is 1.91 bits per heavy atom. The quantitative estimate of drug-likeness (QED) is 0.780. The van der Waals surface area contributed by atoms with Crippen molar-refractivity contribution in [3.05, 3.63) is 34.7 Å². The molecule has 2 atom stereocenters. The van der Waals surface area contributed by atoms with E-state index >= 15 is 0 Å². The molecule has 0 bridgehead atoms. The summed E-state index contributed by atoms with van der Waals surface area (Å²) in [5, 5.41) is 0.775. The fraction of sp³-hybridized carbons (Fsp3) is 0.412. The van der Waals surface area contributed by atoms with Gasteiger partial charge in [0.05, 0.1) is 24.2 Å². The van der Waals surface area contributed by atoms with Crippen LogP contribution in [0, 0.1) is 0 Å². The number of morpholine rings is 1. The Bertz CT molecular complexity index is 644. The first-order valence-corrected chi connectivity index (χ1v) is 8.44. The molecule has 1 saturated heterocycles. The van der Waals surface area contributed by atoms with E-state index in [1.807, 2.05) is 44.2 Å². The highest BCUT2D eigenvalue weighted by atomic mass is 32.2. The molecule has 0 N–H and O–H groups in total. The van der Waals surface area contributed by atoms with Crippen LogP contribution in [0.3, 0.4) is 0 Å². The summed E-state index contributed by atoms with van der Waals surface area (Å²) in [5.41, 5.74) is 0.960. The van der Waals surface area contributed by atoms with Crippen LogP contribution in [0.15, 0.2) is 34.2 Å². The summed E-state index contributed by atoms with van der Waals surface area (Å²) in [4.78, 5) is 19.2. The van der Waals surface area contributed by atoms with Gasteiger partial charge < -0.3 is 14.4 Å². The van der Waals surface area contributed by atoms with Gasteiger partial charge in [0.1, 0.15) is 5.75 Å². The highest BCUT2D eigenvalue weighted by molar-refractivity contribution is 8.18. The summed E-state index contributed by atoms with van der Waals surface area (Å²) < 4.78 is 10.9. The second kappa shape index (κ2) is 6.76. The summed E-state index contributed by atoms with van der Waals surface area (Å²) in [6.45, 7) is 5.61. The maximum atomic E-state index is 12.2. The molecule has 0 aliphatic carbocycles. The van der Waals surface area contributed by atoms with E-state index in [1.165, 1.54) is 11.8 Å². The number of benzene rings is 1. The summed E-state index contributed by atoms with van der Waals surface area (Å²) in [5.74, 6) is 0.624. The topological polar surface area (TPSA) is 51.1 Å². The molecular weight excluding hydrogens is 312 g/mol. The van der Waals surface area contributed by atoms with Gasteiger partial charge in [0, 0.05) is 13.1 Å². The van der Waals surface area contributed by atoms with Gasteiger partial charge in [0.25, 0.3) is 5.91 Å². The van der Waals surface area contributed by atoms with Crippen molar-refractivity contribution >= 4 is 28.9 Å². The van der Waals surface area contributed by atoms with E-state index in [2.05, 4.69) is 9.89 Å². The van der Waals surface area contributed by atoms with E-state index in [4.69, 9.17) is 9.47 Å². The van der Waals surface area contributed by atoms with E-state index in [0.717, 1.165) is 29.6 Å². The number of ether oxygens (including phenoxy) is 2.